The highest BCUT2D eigenvalue weighted by Crippen LogP contribution is 2.15. The highest BCUT2D eigenvalue weighted by Gasteiger charge is 2.19. The zero-order chi connectivity index (χ0) is 51.4. The van der Waals surface area contributed by atoms with Gasteiger partial charge in [-0.05, 0) is 89.9 Å². The van der Waals surface area contributed by atoms with Crippen molar-refractivity contribution in [1.29, 1.82) is 0 Å². The van der Waals surface area contributed by atoms with Gasteiger partial charge in [0.15, 0.2) is 6.10 Å². The van der Waals surface area contributed by atoms with Gasteiger partial charge in [-0.25, -0.2) is 0 Å². The van der Waals surface area contributed by atoms with E-state index in [-0.39, 0.29) is 31.6 Å². The summed E-state index contributed by atoms with van der Waals surface area (Å²) in [4.78, 5) is 38.0. The van der Waals surface area contributed by atoms with Crippen LogP contribution in [0.1, 0.15) is 252 Å². The molecule has 0 aliphatic heterocycles. The van der Waals surface area contributed by atoms with Crippen LogP contribution in [0.15, 0.2) is 122 Å². The second-order valence-electron chi connectivity index (χ2n) is 18.8. The van der Waals surface area contributed by atoms with E-state index in [1.807, 2.05) is 6.08 Å². The first-order chi connectivity index (χ1) is 35.0. The van der Waals surface area contributed by atoms with E-state index in [4.69, 9.17) is 14.2 Å². The summed E-state index contributed by atoms with van der Waals surface area (Å²) in [6.45, 7) is 6.32. The molecule has 6 nitrogen and oxygen atoms in total. The standard InChI is InChI=1S/C65H106O6/c1-4-7-10-13-16-19-22-24-26-27-28-29-30-31-32-33-34-35-36-37-39-40-43-46-49-52-55-58-64(67)70-61-62(60-69-63(66)57-54-51-48-45-42-21-18-15-12-9-6-3)71-65(68)59-56-53-50-47-44-41-38-25-23-20-17-14-11-8-5-2/h7-8,10-11,16-17,19-20,24-26,28-29,31-32,38,44,47,53,56,62H,4-6,9,12-15,18,21-23,27,30,33-37,39-43,45-46,48-52,54-55,57-61H2,1-3H3/b10-7-,11-8-,19-16-,20-17-,26-24-,29-28-,32-31-,38-25-,47-44-,56-53-. The molecule has 1 atom stereocenters. The first-order valence-electron chi connectivity index (χ1n) is 29.0. The molecule has 6 heteroatoms. The summed E-state index contributed by atoms with van der Waals surface area (Å²) in [5.74, 6) is -1.05. The zero-order valence-corrected chi connectivity index (χ0v) is 45.9. The van der Waals surface area contributed by atoms with Crippen molar-refractivity contribution in [2.24, 2.45) is 0 Å². The quantitative estimate of drug-likeness (QED) is 0.0261. The van der Waals surface area contributed by atoms with E-state index >= 15 is 0 Å². The van der Waals surface area contributed by atoms with E-state index in [0.717, 1.165) is 103 Å². The zero-order valence-electron chi connectivity index (χ0n) is 45.9. The second kappa shape index (κ2) is 58.4. The summed E-state index contributed by atoms with van der Waals surface area (Å²) in [6, 6.07) is 0. The average Bonchev–Trinajstić information content (AvgIpc) is 3.37. The van der Waals surface area contributed by atoms with Crippen LogP contribution in [0.2, 0.25) is 0 Å². The third kappa shape index (κ3) is 56.6. The van der Waals surface area contributed by atoms with Gasteiger partial charge in [-0.15, -0.1) is 0 Å². The molecule has 0 rings (SSSR count). The lowest BCUT2D eigenvalue weighted by Crippen LogP contribution is -2.30. The molecule has 0 bridgehead atoms. The maximum absolute atomic E-state index is 12.8. The van der Waals surface area contributed by atoms with E-state index in [0.29, 0.717) is 12.8 Å². The van der Waals surface area contributed by atoms with Crippen molar-refractivity contribution in [2.75, 3.05) is 13.2 Å². The van der Waals surface area contributed by atoms with Gasteiger partial charge in [-0.2, -0.15) is 0 Å². The number of esters is 3. The number of ether oxygens (including phenoxy) is 3. The minimum absolute atomic E-state index is 0.0943. The van der Waals surface area contributed by atoms with Crippen LogP contribution in [0.25, 0.3) is 0 Å². The third-order valence-electron chi connectivity index (χ3n) is 12.0. The second-order valence-corrected chi connectivity index (χ2v) is 18.8. The first kappa shape index (κ1) is 66.8. The lowest BCUT2D eigenvalue weighted by Gasteiger charge is -2.18. The van der Waals surface area contributed by atoms with Crippen LogP contribution < -0.4 is 0 Å². The van der Waals surface area contributed by atoms with E-state index in [1.165, 1.54) is 109 Å². The molecular formula is C65H106O6. The number of carbonyl (C=O) groups is 3. The molecule has 0 aliphatic rings. The predicted molar refractivity (Wildman–Crippen MR) is 306 cm³/mol. The summed E-state index contributed by atoms with van der Waals surface area (Å²) >= 11 is 0. The SMILES string of the molecule is CC/C=C\C/C=C\C/C=C\C/C=C\C/C=C\CCCCCCCCCCCCCC(=O)OCC(COC(=O)CCCCCCCCCCCCC)OC(=O)C/C=C\C/C=C\C/C=C\C/C=C\C/C=C\CC. The van der Waals surface area contributed by atoms with Crippen molar-refractivity contribution in [3.05, 3.63) is 122 Å². The van der Waals surface area contributed by atoms with Crippen LogP contribution >= 0.6 is 0 Å². The van der Waals surface area contributed by atoms with Crippen LogP contribution in [-0.2, 0) is 28.6 Å². The summed E-state index contributed by atoms with van der Waals surface area (Å²) < 4.78 is 16.7. The Labute approximate surface area is 437 Å². The number of unbranched alkanes of at least 4 members (excludes halogenated alkanes) is 21. The van der Waals surface area contributed by atoms with Gasteiger partial charge in [-0.1, -0.05) is 264 Å². The lowest BCUT2D eigenvalue weighted by atomic mass is 10.0. The van der Waals surface area contributed by atoms with Crippen LogP contribution in [0.4, 0.5) is 0 Å². The first-order valence-corrected chi connectivity index (χ1v) is 29.0. The van der Waals surface area contributed by atoms with Crippen molar-refractivity contribution in [2.45, 2.75) is 258 Å². The molecule has 0 aromatic heterocycles. The van der Waals surface area contributed by atoms with E-state index in [2.05, 4.69) is 130 Å². The molecule has 0 spiro atoms. The van der Waals surface area contributed by atoms with Gasteiger partial charge < -0.3 is 14.2 Å². The van der Waals surface area contributed by atoms with Crippen LogP contribution in [-0.4, -0.2) is 37.2 Å². The van der Waals surface area contributed by atoms with E-state index in [1.54, 1.807) is 6.08 Å². The highest BCUT2D eigenvalue weighted by atomic mass is 16.6. The molecule has 1 unspecified atom stereocenters. The number of hydrogen-bond acceptors (Lipinski definition) is 6. The Morgan fingerprint density at radius 2 is 0.592 bits per heavy atom. The Morgan fingerprint density at radius 3 is 0.930 bits per heavy atom. The molecule has 0 heterocycles. The molecule has 0 fully saturated rings. The van der Waals surface area contributed by atoms with Gasteiger partial charge in [0.2, 0.25) is 0 Å². The fourth-order valence-corrected chi connectivity index (χ4v) is 7.72. The van der Waals surface area contributed by atoms with Crippen LogP contribution in [0.3, 0.4) is 0 Å². The fourth-order valence-electron chi connectivity index (χ4n) is 7.72. The van der Waals surface area contributed by atoms with Crippen molar-refractivity contribution in [3.8, 4) is 0 Å². The minimum atomic E-state index is -0.834. The summed E-state index contributed by atoms with van der Waals surface area (Å²) in [5.41, 5.74) is 0. The Morgan fingerprint density at radius 1 is 0.310 bits per heavy atom. The molecule has 0 aliphatic carbocycles. The smallest absolute Gasteiger partial charge is 0.310 e. The van der Waals surface area contributed by atoms with Gasteiger partial charge in [-0.3, -0.25) is 14.4 Å². The Bertz CT molecular complexity index is 1500. The summed E-state index contributed by atoms with van der Waals surface area (Å²) in [6.07, 6.45) is 80.8. The molecule has 0 saturated carbocycles. The van der Waals surface area contributed by atoms with E-state index < -0.39 is 12.1 Å². The van der Waals surface area contributed by atoms with Crippen molar-refractivity contribution >= 4 is 17.9 Å². The molecule has 0 radical (unpaired) electrons. The molecule has 402 valence electrons. The van der Waals surface area contributed by atoms with Crippen molar-refractivity contribution in [3.63, 3.8) is 0 Å². The predicted octanol–water partition coefficient (Wildman–Crippen LogP) is 19.6. The Hall–Kier alpha value is -4.19. The summed E-state index contributed by atoms with van der Waals surface area (Å²) in [7, 11) is 0. The normalized spacial score (nSPS) is 13.0. The van der Waals surface area contributed by atoms with Crippen LogP contribution in [0, 0.1) is 0 Å². The Kier molecular flexibility index (Phi) is 54.9. The van der Waals surface area contributed by atoms with Crippen LogP contribution in [0.5, 0.6) is 0 Å². The van der Waals surface area contributed by atoms with Crippen molar-refractivity contribution in [1.82, 2.24) is 0 Å². The number of allylic oxidation sites excluding steroid dienone is 19. The minimum Gasteiger partial charge on any atom is -0.462 e. The number of hydrogen-bond donors (Lipinski definition) is 0. The van der Waals surface area contributed by atoms with Crippen molar-refractivity contribution < 1.29 is 28.6 Å². The maximum Gasteiger partial charge on any atom is 0.310 e. The molecule has 0 N–H and O–H groups in total. The molecule has 0 saturated heterocycles. The average molecular weight is 984 g/mol. The molecule has 0 amide bonds. The largest absolute Gasteiger partial charge is 0.462 e. The monoisotopic (exact) mass is 983 g/mol. The highest BCUT2D eigenvalue weighted by molar-refractivity contribution is 5.72. The summed E-state index contributed by atoms with van der Waals surface area (Å²) in [5, 5.41) is 0. The fraction of sp³-hybridized carbons (Fsp3) is 0.646. The molecule has 0 aromatic rings. The third-order valence-corrected chi connectivity index (χ3v) is 12.0. The van der Waals surface area contributed by atoms with E-state index in [9.17, 15) is 14.4 Å². The number of carbonyl (C=O) groups excluding carboxylic acids is 3. The van der Waals surface area contributed by atoms with Gasteiger partial charge in [0.1, 0.15) is 13.2 Å². The maximum atomic E-state index is 12.8. The van der Waals surface area contributed by atoms with Gasteiger partial charge in [0.05, 0.1) is 6.42 Å². The number of rotatable bonds is 51. The Balaban J connectivity index is 4.34. The van der Waals surface area contributed by atoms with Gasteiger partial charge in [0, 0.05) is 12.8 Å². The molecular weight excluding hydrogens is 877 g/mol. The topological polar surface area (TPSA) is 78.9 Å². The van der Waals surface area contributed by atoms with Gasteiger partial charge in [0.25, 0.3) is 0 Å². The van der Waals surface area contributed by atoms with Gasteiger partial charge >= 0.3 is 17.9 Å². The molecule has 71 heavy (non-hydrogen) atoms. The lowest BCUT2D eigenvalue weighted by molar-refractivity contribution is -0.166. The molecule has 0 aromatic carbocycles.